The Morgan fingerprint density at radius 2 is 1.58 bits per heavy atom. The van der Waals surface area contributed by atoms with Gasteiger partial charge in [0.25, 0.3) is 0 Å². The Bertz CT molecular complexity index is 1560. The molecular formula is C31H35N3O3S. The number of aryl methyl sites for hydroxylation is 1. The van der Waals surface area contributed by atoms with E-state index >= 15 is 0 Å². The number of aromatic nitrogens is 1. The summed E-state index contributed by atoms with van der Waals surface area (Å²) in [5.41, 5.74) is 7.04. The number of carbonyl (C=O) groups is 1. The van der Waals surface area contributed by atoms with Crippen molar-refractivity contribution in [1.82, 2.24) is 8.87 Å². The van der Waals surface area contributed by atoms with Crippen LogP contribution in [-0.4, -0.2) is 36.3 Å². The summed E-state index contributed by atoms with van der Waals surface area (Å²) in [7, 11) is -3.60. The van der Waals surface area contributed by atoms with Crippen molar-refractivity contribution >= 4 is 32.5 Å². The lowest BCUT2D eigenvalue weighted by Gasteiger charge is -2.31. The summed E-state index contributed by atoms with van der Waals surface area (Å²) in [6.07, 6.45) is 1.94. The second-order valence-corrected chi connectivity index (χ2v) is 12.1. The number of para-hydroxylation sites is 1. The van der Waals surface area contributed by atoms with E-state index in [9.17, 15) is 13.2 Å². The van der Waals surface area contributed by atoms with E-state index in [1.807, 2.05) is 0 Å². The molecule has 1 aliphatic rings. The van der Waals surface area contributed by atoms with E-state index in [1.165, 1.54) is 33.3 Å². The first-order chi connectivity index (χ1) is 18.3. The highest BCUT2D eigenvalue weighted by atomic mass is 32.2. The molecule has 1 amide bonds. The summed E-state index contributed by atoms with van der Waals surface area (Å²) in [4.78, 5) is 11.9. The number of rotatable bonds is 7. The number of hydrogen-bond donors (Lipinski definition) is 1. The molecule has 7 heteroatoms. The third-order valence-electron chi connectivity index (χ3n) is 7.83. The lowest BCUT2D eigenvalue weighted by molar-refractivity contribution is -0.115. The number of amides is 1. The molecule has 1 saturated heterocycles. The number of nitrogens with one attached hydrogen (secondary N) is 1. The van der Waals surface area contributed by atoms with Crippen LogP contribution in [0.1, 0.15) is 54.5 Å². The SMILES string of the molecule is CCC(=O)Nc1ccc(S(=O)(=O)N2CCC(c3c(C)n(Cc4ccccc4C)c4ccccc34)CC2)cc1. The molecule has 38 heavy (non-hydrogen) atoms. The average molecular weight is 530 g/mol. The number of benzene rings is 3. The van der Waals surface area contributed by atoms with Gasteiger partial charge in [-0.25, -0.2) is 8.42 Å². The Labute approximate surface area is 225 Å². The number of sulfonamides is 1. The third-order valence-corrected chi connectivity index (χ3v) is 9.74. The summed E-state index contributed by atoms with van der Waals surface area (Å²) in [6.45, 7) is 7.93. The molecule has 1 N–H and O–H groups in total. The third kappa shape index (κ3) is 5.00. The first-order valence-electron chi connectivity index (χ1n) is 13.3. The molecule has 0 atom stereocenters. The van der Waals surface area contributed by atoms with Gasteiger partial charge in [-0.3, -0.25) is 4.79 Å². The van der Waals surface area contributed by atoms with Crippen LogP contribution in [-0.2, 0) is 21.4 Å². The second-order valence-electron chi connectivity index (χ2n) is 10.1. The van der Waals surface area contributed by atoms with Crippen LogP contribution >= 0.6 is 0 Å². The predicted molar refractivity (Wildman–Crippen MR) is 153 cm³/mol. The van der Waals surface area contributed by atoms with Crippen molar-refractivity contribution in [2.45, 2.75) is 57.4 Å². The predicted octanol–water partition coefficient (Wildman–Crippen LogP) is 6.22. The molecule has 5 rings (SSSR count). The zero-order valence-electron chi connectivity index (χ0n) is 22.3. The standard InChI is InChI=1S/C31H35N3O3S/c1-4-30(35)32-26-13-15-27(16-14-26)38(36,37)33-19-17-24(18-20-33)31-23(3)34(29-12-8-7-11-28(29)31)21-25-10-6-5-9-22(25)2/h5-16,24H,4,17-21H2,1-3H3,(H,32,35). The molecule has 2 heterocycles. The van der Waals surface area contributed by atoms with Crippen LogP contribution in [0.4, 0.5) is 5.69 Å². The Hall–Kier alpha value is -3.42. The minimum atomic E-state index is -3.60. The summed E-state index contributed by atoms with van der Waals surface area (Å²) in [6, 6.07) is 23.6. The number of piperidine rings is 1. The van der Waals surface area contributed by atoms with Gasteiger partial charge in [0.2, 0.25) is 15.9 Å². The van der Waals surface area contributed by atoms with E-state index in [-0.39, 0.29) is 10.8 Å². The Balaban J connectivity index is 1.36. The lowest BCUT2D eigenvalue weighted by Crippen LogP contribution is -2.38. The molecule has 1 fully saturated rings. The van der Waals surface area contributed by atoms with Gasteiger partial charge in [-0.05, 0) is 79.6 Å². The van der Waals surface area contributed by atoms with Crippen molar-refractivity contribution in [2.24, 2.45) is 0 Å². The normalized spacial score (nSPS) is 15.1. The maximum absolute atomic E-state index is 13.4. The molecule has 3 aromatic carbocycles. The van der Waals surface area contributed by atoms with Crippen LogP contribution < -0.4 is 5.32 Å². The quantitative estimate of drug-likeness (QED) is 0.309. The lowest BCUT2D eigenvalue weighted by atomic mass is 9.88. The van der Waals surface area contributed by atoms with Gasteiger partial charge in [0.05, 0.1) is 4.90 Å². The van der Waals surface area contributed by atoms with Crippen LogP contribution in [0.5, 0.6) is 0 Å². The van der Waals surface area contributed by atoms with Gasteiger partial charge in [-0.1, -0.05) is 49.4 Å². The second kappa shape index (κ2) is 10.8. The summed E-state index contributed by atoms with van der Waals surface area (Å²) in [5, 5.41) is 4.03. The fourth-order valence-corrected chi connectivity index (χ4v) is 7.10. The maximum Gasteiger partial charge on any atom is 0.243 e. The highest BCUT2D eigenvalue weighted by Crippen LogP contribution is 2.39. The number of nitrogens with zero attached hydrogens (tertiary/aromatic N) is 2. The van der Waals surface area contributed by atoms with Crippen LogP contribution in [0, 0.1) is 13.8 Å². The van der Waals surface area contributed by atoms with Crippen molar-refractivity contribution in [3.8, 4) is 0 Å². The summed E-state index contributed by atoms with van der Waals surface area (Å²) in [5.74, 6) is 0.203. The van der Waals surface area contributed by atoms with Crippen molar-refractivity contribution in [3.05, 3.63) is 95.2 Å². The molecule has 0 radical (unpaired) electrons. The molecule has 0 unspecified atom stereocenters. The monoisotopic (exact) mass is 529 g/mol. The van der Waals surface area contributed by atoms with E-state index in [0.717, 1.165) is 19.4 Å². The van der Waals surface area contributed by atoms with Crippen molar-refractivity contribution < 1.29 is 13.2 Å². The molecule has 0 aliphatic carbocycles. The molecule has 0 bridgehead atoms. The fraction of sp³-hybridized carbons (Fsp3) is 0.323. The molecular weight excluding hydrogens is 494 g/mol. The van der Waals surface area contributed by atoms with Crippen molar-refractivity contribution in [2.75, 3.05) is 18.4 Å². The van der Waals surface area contributed by atoms with Gasteiger partial charge in [-0.2, -0.15) is 4.31 Å². The Kier molecular flexibility index (Phi) is 7.41. The van der Waals surface area contributed by atoms with Gasteiger partial charge in [0.1, 0.15) is 0 Å². The van der Waals surface area contributed by atoms with E-state index in [1.54, 1.807) is 35.5 Å². The molecule has 0 spiro atoms. The first kappa shape index (κ1) is 26.2. The first-order valence-corrected chi connectivity index (χ1v) is 14.8. The Morgan fingerprint density at radius 3 is 2.26 bits per heavy atom. The van der Waals surface area contributed by atoms with Gasteiger partial charge in [0.15, 0.2) is 0 Å². The highest BCUT2D eigenvalue weighted by molar-refractivity contribution is 7.89. The van der Waals surface area contributed by atoms with Gasteiger partial charge in [-0.15, -0.1) is 0 Å². The highest BCUT2D eigenvalue weighted by Gasteiger charge is 2.32. The topological polar surface area (TPSA) is 71.4 Å². The van der Waals surface area contributed by atoms with Crippen LogP contribution in [0.3, 0.4) is 0 Å². The minimum absolute atomic E-state index is 0.0989. The Morgan fingerprint density at radius 1 is 0.921 bits per heavy atom. The molecule has 1 aromatic heterocycles. The number of carbonyl (C=O) groups excluding carboxylic acids is 1. The smallest absolute Gasteiger partial charge is 0.243 e. The largest absolute Gasteiger partial charge is 0.340 e. The van der Waals surface area contributed by atoms with E-state index < -0.39 is 10.0 Å². The van der Waals surface area contributed by atoms with E-state index in [2.05, 4.69) is 72.3 Å². The number of hydrogen-bond acceptors (Lipinski definition) is 3. The fourth-order valence-electron chi connectivity index (χ4n) is 5.63. The number of anilines is 1. The summed E-state index contributed by atoms with van der Waals surface area (Å²) < 4.78 is 30.8. The zero-order valence-corrected chi connectivity index (χ0v) is 23.1. The maximum atomic E-state index is 13.4. The van der Waals surface area contributed by atoms with Gasteiger partial charge >= 0.3 is 0 Å². The van der Waals surface area contributed by atoms with Gasteiger partial charge < -0.3 is 9.88 Å². The molecule has 1 aliphatic heterocycles. The van der Waals surface area contributed by atoms with Crippen LogP contribution in [0.2, 0.25) is 0 Å². The van der Waals surface area contributed by atoms with Crippen LogP contribution in [0.15, 0.2) is 77.7 Å². The molecule has 0 saturated carbocycles. The van der Waals surface area contributed by atoms with Gasteiger partial charge in [0, 0.05) is 48.3 Å². The summed E-state index contributed by atoms with van der Waals surface area (Å²) >= 11 is 0. The average Bonchev–Trinajstić information content (AvgIpc) is 3.21. The van der Waals surface area contributed by atoms with Crippen molar-refractivity contribution in [3.63, 3.8) is 0 Å². The van der Waals surface area contributed by atoms with Crippen molar-refractivity contribution in [1.29, 1.82) is 0 Å². The minimum Gasteiger partial charge on any atom is -0.340 e. The number of fused-ring (bicyclic) bond motifs is 1. The molecule has 6 nitrogen and oxygen atoms in total. The van der Waals surface area contributed by atoms with E-state index in [0.29, 0.717) is 31.1 Å². The zero-order chi connectivity index (χ0) is 26.9. The molecule has 4 aromatic rings. The van der Waals surface area contributed by atoms with Crippen LogP contribution in [0.25, 0.3) is 10.9 Å². The van der Waals surface area contributed by atoms with E-state index in [4.69, 9.17) is 0 Å². The molecule has 198 valence electrons.